The molecule has 0 aliphatic heterocycles. The molecule has 0 aliphatic carbocycles. The number of hydrogen-bond acceptors (Lipinski definition) is 7. The zero-order valence-corrected chi connectivity index (χ0v) is 8.45. The van der Waals surface area contributed by atoms with Crippen LogP contribution in [0.2, 0.25) is 0 Å². The number of nitrogens with one attached hydrogen (secondary N) is 1. The Hall–Kier alpha value is -2.06. The van der Waals surface area contributed by atoms with E-state index >= 15 is 0 Å². The minimum atomic E-state index is -2.79. The van der Waals surface area contributed by atoms with E-state index in [2.05, 4.69) is 19.9 Å². The summed E-state index contributed by atoms with van der Waals surface area (Å²) in [5, 5.41) is 19.3. The molecule has 90 valence electrons. The summed E-state index contributed by atoms with van der Waals surface area (Å²) in [6.45, 7) is -2.79. The highest BCUT2D eigenvalue weighted by molar-refractivity contribution is 5.69. The van der Waals surface area contributed by atoms with Crippen LogP contribution in [0, 0.1) is 0 Å². The zero-order chi connectivity index (χ0) is 15.1. The lowest BCUT2D eigenvalue weighted by Crippen LogP contribution is -2.18. The maximum Gasteiger partial charge on any atom is 0.280 e. The van der Waals surface area contributed by atoms with Crippen LogP contribution >= 0.6 is 0 Å². The molecule has 0 unspecified atom stereocenters. The molecular weight excluding hydrogens is 226 g/mol. The maximum absolute atomic E-state index is 11.6. The lowest BCUT2D eigenvalue weighted by molar-refractivity contribution is 0.0278. The molecule has 2 atom stereocenters. The number of hydrogen-bond donors (Lipinski definition) is 4. The number of fused-ring (bicyclic) bond motifs is 1. The summed E-state index contributed by atoms with van der Waals surface area (Å²) < 4.78 is 21.1. The summed E-state index contributed by atoms with van der Waals surface area (Å²) in [4.78, 5) is 25.0. The van der Waals surface area contributed by atoms with Crippen molar-refractivity contribution in [1.82, 2.24) is 19.9 Å². The van der Waals surface area contributed by atoms with Gasteiger partial charge < -0.3 is 15.9 Å². The van der Waals surface area contributed by atoms with E-state index in [1.165, 1.54) is 0 Å². The molecule has 2 aromatic rings. The highest BCUT2D eigenvalue weighted by Crippen LogP contribution is 2.14. The van der Waals surface area contributed by atoms with E-state index in [0.29, 0.717) is 0 Å². The van der Waals surface area contributed by atoms with Crippen molar-refractivity contribution >= 4 is 17.1 Å². The SMILES string of the molecule is [2H]C([2H])([2H])[C@@H](O)[C@@H](O)c1cnc2nc(N)[nH]c(=O)c2n1. The summed E-state index contributed by atoms with van der Waals surface area (Å²) in [5.41, 5.74) is 4.13. The highest BCUT2D eigenvalue weighted by atomic mass is 16.3. The average molecular weight is 240 g/mol. The first kappa shape index (κ1) is 8.09. The fourth-order valence-corrected chi connectivity index (χ4v) is 1.25. The predicted molar refractivity (Wildman–Crippen MR) is 59.0 cm³/mol. The van der Waals surface area contributed by atoms with Gasteiger partial charge in [0.1, 0.15) is 6.10 Å². The molecule has 0 bridgehead atoms. The molecule has 0 spiro atoms. The third kappa shape index (κ3) is 2.08. The molecule has 5 N–H and O–H groups in total. The van der Waals surface area contributed by atoms with Gasteiger partial charge >= 0.3 is 0 Å². The van der Waals surface area contributed by atoms with Gasteiger partial charge in [0.25, 0.3) is 5.56 Å². The van der Waals surface area contributed by atoms with Gasteiger partial charge in [-0.05, 0) is 6.85 Å². The molecule has 17 heavy (non-hydrogen) atoms. The largest absolute Gasteiger partial charge is 0.390 e. The van der Waals surface area contributed by atoms with Gasteiger partial charge in [-0.3, -0.25) is 9.78 Å². The second-order valence-corrected chi connectivity index (χ2v) is 3.31. The van der Waals surface area contributed by atoms with Gasteiger partial charge in [-0.15, -0.1) is 0 Å². The Kier molecular flexibility index (Phi) is 1.94. The molecule has 0 aromatic carbocycles. The molecule has 0 fully saturated rings. The van der Waals surface area contributed by atoms with Crippen molar-refractivity contribution in [3.8, 4) is 0 Å². The quantitative estimate of drug-likeness (QED) is 0.512. The van der Waals surface area contributed by atoms with E-state index < -0.39 is 24.6 Å². The maximum atomic E-state index is 11.6. The Balaban J connectivity index is 2.49. The van der Waals surface area contributed by atoms with Gasteiger partial charge in [-0.25, -0.2) is 9.97 Å². The molecule has 0 radical (unpaired) electrons. The van der Waals surface area contributed by atoms with Crippen molar-refractivity contribution in [2.45, 2.75) is 19.1 Å². The first-order chi connectivity index (χ1) is 9.20. The number of anilines is 1. The van der Waals surface area contributed by atoms with E-state index in [4.69, 9.17) is 9.85 Å². The number of H-pyrrole nitrogens is 1. The summed E-state index contributed by atoms with van der Waals surface area (Å²) in [6, 6.07) is 0. The molecule has 0 amide bonds. The smallest absolute Gasteiger partial charge is 0.280 e. The fourth-order valence-electron chi connectivity index (χ4n) is 1.25. The minimum absolute atomic E-state index is 0.0504. The number of aliphatic hydroxyl groups excluding tert-OH is 2. The monoisotopic (exact) mass is 240 g/mol. The number of nitrogen functional groups attached to an aromatic ring is 1. The van der Waals surface area contributed by atoms with Crippen LogP contribution in [0.15, 0.2) is 11.0 Å². The van der Waals surface area contributed by atoms with Crippen LogP contribution in [-0.4, -0.2) is 36.3 Å². The van der Waals surface area contributed by atoms with E-state index in [1.807, 2.05) is 0 Å². The number of rotatable bonds is 2. The van der Waals surface area contributed by atoms with Crippen LogP contribution in [0.4, 0.5) is 5.95 Å². The first-order valence-corrected chi connectivity index (χ1v) is 4.58. The molecular formula is C9H11N5O3. The van der Waals surface area contributed by atoms with Crippen molar-refractivity contribution in [1.29, 1.82) is 0 Å². The number of aliphatic hydroxyl groups is 2. The number of nitrogens with zero attached hydrogens (tertiary/aromatic N) is 3. The van der Waals surface area contributed by atoms with Gasteiger partial charge in [0.15, 0.2) is 11.2 Å². The molecule has 0 saturated carbocycles. The molecule has 8 nitrogen and oxygen atoms in total. The van der Waals surface area contributed by atoms with Crippen LogP contribution in [0.5, 0.6) is 0 Å². The second-order valence-electron chi connectivity index (χ2n) is 3.31. The van der Waals surface area contributed by atoms with Gasteiger partial charge in [0.05, 0.1) is 18.0 Å². The van der Waals surface area contributed by atoms with Crippen molar-refractivity contribution in [3.05, 3.63) is 22.2 Å². The number of aromatic amines is 1. The lowest BCUT2D eigenvalue weighted by Gasteiger charge is -2.12. The Bertz CT molecular complexity index is 701. The third-order valence-corrected chi connectivity index (χ3v) is 2.06. The Labute approximate surface area is 99.4 Å². The van der Waals surface area contributed by atoms with Crippen molar-refractivity contribution in [2.24, 2.45) is 0 Å². The van der Waals surface area contributed by atoms with Gasteiger partial charge in [0, 0.05) is 4.11 Å². The number of nitrogens with two attached hydrogens (primary N) is 1. The topological polar surface area (TPSA) is 138 Å². The minimum Gasteiger partial charge on any atom is -0.390 e. The first-order valence-electron chi connectivity index (χ1n) is 6.08. The van der Waals surface area contributed by atoms with Gasteiger partial charge in [0.2, 0.25) is 5.95 Å². The van der Waals surface area contributed by atoms with Crippen LogP contribution in [-0.2, 0) is 0 Å². The normalized spacial score (nSPS) is 18.1. The van der Waals surface area contributed by atoms with Crippen molar-refractivity contribution in [3.63, 3.8) is 0 Å². The molecule has 2 aromatic heterocycles. The van der Waals surface area contributed by atoms with E-state index in [9.17, 15) is 15.0 Å². The van der Waals surface area contributed by atoms with Gasteiger partial charge in [-0.2, -0.15) is 4.98 Å². The van der Waals surface area contributed by atoms with E-state index in [-0.39, 0.29) is 22.8 Å². The molecule has 0 aliphatic rings. The summed E-state index contributed by atoms with van der Waals surface area (Å²) >= 11 is 0. The Morgan fingerprint density at radius 2 is 2.29 bits per heavy atom. The Morgan fingerprint density at radius 3 is 3.00 bits per heavy atom. The molecule has 8 heteroatoms. The van der Waals surface area contributed by atoms with Crippen LogP contribution in [0.1, 0.15) is 22.8 Å². The lowest BCUT2D eigenvalue weighted by atomic mass is 10.2. The summed E-state index contributed by atoms with van der Waals surface area (Å²) in [6.07, 6.45) is -2.83. The third-order valence-electron chi connectivity index (χ3n) is 2.06. The number of aromatic nitrogens is 4. The van der Waals surface area contributed by atoms with Crippen molar-refractivity contribution in [2.75, 3.05) is 5.73 Å². The fraction of sp³-hybridized carbons (Fsp3) is 0.333. The van der Waals surface area contributed by atoms with Crippen LogP contribution in [0.25, 0.3) is 11.2 Å². The standard InChI is InChI=1S/C9H11N5O3/c1-3(15)6(16)4-2-11-7-5(12-4)8(17)14-9(10)13-7/h2-3,6,15-16H,1H3,(H3,10,11,13,14,17)/t3-,6-/m1/s1/i1D3. The summed E-state index contributed by atoms with van der Waals surface area (Å²) in [7, 11) is 0. The molecule has 2 rings (SSSR count). The summed E-state index contributed by atoms with van der Waals surface area (Å²) in [5.74, 6) is -0.146. The zero-order valence-electron chi connectivity index (χ0n) is 11.5. The van der Waals surface area contributed by atoms with Gasteiger partial charge in [-0.1, -0.05) is 0 Å². The van der Waals surface area contributed by atoms with Crippen LogP contribution in [0.3, 0.4) is 0 Å². The molecule has 2 heterocycles. The molecule has 0 saturated heterocycles. The van der Waals surface area contributed by atoms with E-state index in [0.717, 1.165) is 6.20 Å². The van der Waals surface area contributed by atoms with Crippen molar-refractivity contribution < 1.29 is 14.3 Å². The second kappa shape index (κ2) is 4.07. The highest BCUT2D eigenvalue weighted by Gasteiger charge is 2.17. The predicted octanol–water partition coefficient (Wildman–Crippen LogP) is -1.29. The van der Waals surface area contributed by atoms with E-state index in [1.54, 1.807) is 0 Å². The van der Waals surface area contributed by atoms with Crippen LogP contribution < -0.4 is 11.3 Å². The average Bonchev–Trinajstić information content (AvgIpc) is 2.35. The Morgan fingerprint density at radius 1 is 1.53 bits per heavy atom.